The number of carboxylic acids is 1. The number of carboxylic acid groups (broad SMARTS) is 1. The minimum atomic E-state index is -0.913. The number of benzene rings is 1. The highest BCUT2D eigenvalue weighted by molar-refractivity contribution is 5.88. The van der Waals surface area contributed by atoms with Crippen LogP contribution in [0.3, 0.4) is 0 Å². The van der Waals surface area contributed by atoms with E-state index in [4.69, 9.17) is 5.11 Å². The first-order valence-corrected chi connectivity index (χ1v) is 5.17. The lowest BCUT2D eigenvalue weighted by atomic mass is 10.1. The van der Waals surface area contributed by atoms with E-state index < -0.39 is 5.97 Å². The molecule has 0 unspecified atom stereocenters. The lowest BCUT2D eigenvalue weighted by Gasteiger charge is -1.97. The van der Waals surface area contributed by atoms with Gasteiger partial charge in [0.15, 0.2) is 0 Å². The van der Waals surface area contributed by atoms with E-state index in [1.165, 1.54) is 0 Å². The smallest absolute Gasteiger partial charge is 0.335 e. The fraction of sp³-hybridized carbons (Fsp3) is 0. The van der Waals surface area contributed by atoms with E-state index in [0.29, 0.717) is 5.56 Å². The average molecular weight is 225 g/mol. The van der Waals surface area contributed by atoms with Crippen molar-refractivity contribution >= 4 is 18.1 Å². The molecule has 0 spiro atoms. The van der Waals surface area contributed by atoms with Gasteiger partial charge in [-0.2, -0.15) is 0 Å². The van der Waals surface area contributed by atoms with Crippen LogP contribution in [-0.4, -0.2) is 16.1 Å². The van der Waals surface area contributed by atoms with Gasteiger partial charge < -0.3 is 5.11 Å². The van der Waals surface area contributed by atoms with Gasteiger partial charge in [-0.05, 0) is 35.4 Å². The molecule has 0 aliphatic heterocycles. The zero-order chi connectivity index (χ0) is 12.1. The van der Waals surface area contributed by atoms with Gasteiger partial charge in [-0.15, -0.1) is 0 Å². The second-order valence-electron chi connectivity index (χ2n) is 3.54. The molecule has 0 radical (unpaired) electrons. The van der Waals surface area contributed by atoms with Crippen LogP contribution < -0.4 is 0 Å². The van der Waals surface area contributed by atoms with Gasteiger partial charge in [0.1, 0.15) is 0 Å². The molecule has 2 aromatic rings. The van der Waals surface area contributed by atoms with Crippen LogP contribution >= 0.6 is 0 Å². The minimum Gasteiger partial charge on any atom is -0.478 e. The van der Waals surface area contributed by atoms with Crippen LogP contribution in [0.1, 0.15) is 21.5 Å². The third-order valence-electron chi connectivity index (χ3n) is 2.31. The quantitative estimate of drug-likeness (QED) is 0.873. The molecular formula is C14H11NO2. The largest absolute Gasteiger partial charge is 0.478 e. The molecule has 0 amide bonds. The highest BCUT2D eigenvalue weighted by Crippen LogP contribution is 2.10. The Balaban J connectivity index is 2.22. The molecule has 17 heavy (non-hydrogen) atoms. The first-order valence-electron chi connectivity index (χ1n) is 5.17. The van der Waals surface area contributed by atoms with E-state index in [1.807, 2.05) is 30.4 Å². The van der Waals surface area contributed by atoms with Crippen LogP contribution in [-0.2, 0) is 0 Å². The van der Waals surface area contributed by atoms with Crippen molar-refractivity contribution in [3.8, 4) is 0 Å². The van der Waals surface area contributed by atoms with E-state index in [0.717, 1.165) is 11.1 Å². The SMILES string of the molecule is O=C(O)c1cccc(/C=C/c2ccncc2)c1. The Labute approximate surface area is 99.1 Å². The maximum Gasteiger partial charge on any atom is 0.335 e. The first-order chi connectivity index (χ1) is 8.25. The van der Waals surface area contributed by atoms with Crippen molar-refractivity contribution in [2.24, 2.45) is 0 Å². The summed E-state index contributed by atoms with van der Waals surface area (Å²) in [4.78, 5) is 14.7. The molecule has 1 aromatic heterocycles. The zero-order valence-corrected chi connectivity index (χ0v) is 9.08. The van der Waals surface area contributed by atoms with Crippen molar-refractivity contribution in [3.63, 3.8) is 0 Å². The zero-order valence-electron chi connectivity index (χ0n) is 9.08. The van der Waals surface area contributed by atoms with Crippen molar-refractivity contribution in [2.45, 2.75) is 0 Å². The number of hydrogen-bond donors (Lipinski definition) is 1. The maximum atomic E-state index is 10.8. The molecule has 3 heteroatoms. The molecule has 0 atom stereocenters. The fourth-order valence-corrected chi connectivity index (χ4v) is 1.44. The predicted molar refractivity (Wildman–Crippen MR) is 66.6 cm³/mol. The molecule has 1 heterocycles. The molecule has 0 aliphatic rings. The van der Waals surface area contributed by atoms with Crippen LogP contribution in [0.5, 0.6) is 0 Å². The van der Waals surface area contributed by atoms with E-state index >= 15 is 0 Å². The molecule has 1 aromatic carbocycles. The van der Waals surface area contributed by atoms with Crippen molar-refractivity contribution in [2.75, 3.05) is 0 Å². The average Bonchev–Trinajstić information content (AvgIpc) is 2.38. The molecule has 0 saturated heterocycles. The number of hydrogen-bond acceptors (Lipinski definition) is 2. The van der Waals surface area contributed by atoms with Crippen molar-refractivity contribution < 1.29 is 9.90 Å². The van der Waals surface area contributed by atoms with E-state index in [2.05, 4.69) is 4.98 Å². The van der Waals surface area contributed by atoms with E-state index in [-0.39, 0.29) is 0 Å². The first kappa shape index (κ1) is 11.1. The van der Waals surface area contributed by atoms with Gasteiger partial charge in [0.25, 0.3) is 0 Å². The Hall–Kier alpha value is -2.42. The number of aromatic nitrogens is 1. The predicted octanol–water partition coefficient (Wildman–Crippen LogP) is 2.95. The summed E-state index contributed by atoms with van der Waals surface area (Å²) in [5.74, 6) is -0.913. The lowest BCUT2D eigenvalue weighted by molar-refractivity contribution is 0.0697. The second kappa shape index (κ2) is 5.07. The van der Waals surface area contributed by atoms with Crippen LogP contribution in [0, 0.1) is 0 Å². The summed E-state index contributed by atoms with van der Waals surface area (Å²) in [5, 5.41) is 8.86. The molecular weight excluding hydrogens is 214 g/mol. The number of carbonyl (C=O) groups is 1. The van der Waals surface area contributed by atoms with Crippen molar-refractivity contribution in [3.05, 3.63) is 65.5 Å². The van der Waals surface area contributed by atoms with Gasteiger partial charge in [-0.25, -0.2) is 4.79 Å². The van der Waals surface area contributed by atoms with Gasteiger partial charge >= 0.3 is 5.97 Å². The highest BCUT2D eigenvalue weighted by Gasteiger charge is 2.00. The monoisotopic (exact) mass is 225 g/mol. The molecule has 1 N–H and O–H groups in total. The summed E-state index contributed by atoms with van der Waals surface area (Å²) in [5.41, 5.74) is 2.18. The minimum absolute atomic E-state index is 0.293. The molecule has 0 aliphatic carbocycles. The number of aromatic carboxylic acids is 1. The van der Waals surface area contributed by atoms with Gasteiger partial charge in [0, 0.05) is 12.4 Å². The van der Waals surface area contributed by atoms with Gasteiger partial charge in [0.05, 0.1) is 5.56 Å². The molecule has 0 bridgehead atoms. The summed E-state index contributed by atoms with van der Waals surface area (Å²) >= 11 is 0. The Kier molecular flexibility index (Phi) is 3.31. The number of nitrogens with zero attached hydrogens (tertiary/aromatic N) is 1. The Morgan fingerprint density at radius 2 is 1.76 bits per heavy atom. The van der Waals surface area contributed by atoms with Gasteiger partial charge in [-0.3, -0.25) is 4.98 Å². The maximum absolute atomic E-state index is 10.8. The summed E-state index contributed by atoms with van der Waals surface area (Å²) in [6, 6.07) is 10.6. The normalized spacial score (nSPS) is 10.6. The fourth-order valence-electron chi connectivity index (χ4n) is 1.44. The van der Waals surface area contributed by atoms with E-state index in [1.54, 1.807) is 30.6 Å². The third-order valence-corrected chi connectivity index (χ3v) is 2.31. The van der Waals surface area contributed by atoms with Crippen molar-refractivity contribution in [1.29, 1.82) is 0 Å². The van der Waals surface area contributed by atoms with Crippen LogP contribution in [0.4, 0.5) is 0 Å². The third kappa shape index (κ3) is 3.01. The Bertz CT molecular complexity index is 547. The summed E-state index contributed by atoms with van der Waals surface area (Å²) < 4.78 is 0. The second-order valence-corrected chi connectivity index (χ2v) is 3.54. The molecule has 2 rings (SSSR count). The van der Waals surface area contributed by atoms with Gasteiger partial charge in [-0.1, -0.05) is 24.3 Å². The van der Waals surface area contributed by atoms with Crippen molar-refractivity contribution in [1.82, 2.24) is 4.98 Å². The number of rotatable bonds is 3. The standard InChI is InChI=1S/C14H11NO2/c16-14(17)13-3-1-2-12(10-13)5-4-11-6-8-15-9-7-11/h1-10H,(H,16,17)/b5-4+. The lowest BCUT2D eigenvalue weighted by Crippen LogP contribution is -1.95. The number of pyridine rings is 1. The molecule has 3 nitrogen and oxygen atoms in total. The van der Waals surface area contributed by atoms with E-state index in [9.17, 15) is 4.79 Å². The van der Waals surface area contributed by atoms with Crippen LogP contribution in [0.25, 0.3) is 12.2 Å². The molecule has 84 valence electrons. The molecule has 0 saturated carbocycles. The summed E-state index contributed by atoms with van der Waals surface area (Å²) in [6.45, 7) is 0. The highest BCUT2D eigenvalue weighted by atomic mass is 16.4. The summed E-state index contributed by atoms with van der Waals surface area (Å²) in [6.07, 6.45) is 7.23. The Morgan fingerprint density at radius 3 is 2.47 bits per heavy atom. The topological polar surface area (TPSA) is 50.2 Å². The molecule has 0 fully saturated rings. The van der Waals surface area contributed by atoms with Crippen LogP contribution in [0.15, 0.2) is 48.8 Å². The van der Waals surface area contributed by atoms with Gasteiger partial charge in [0.2, 0.25) is 0 Å². The Morgan fingerprint density at radius 1 is 1.06 bits per heavy atom. The van der Waals surface area contributed by atoms with Crippen LogP contribution in [0.2, 0.25) is 0 Å². The summed E-state index contributed by atoms with van der Waals surface area (Å²) in [7, 11) is 0.